The van der Waals surface area contributed by atoms with Crippen LogP contribution in [-0.4, -0.2) is 10.9 Å². The lowest BCUT2D eigenvalue weighted by Crippen LogP contribution is -2.00. The Bertz CT molecular complexity index is 549. The van der Waals surface area contributed by atoms with Gasteiger partial charge < -0.3 is 4.57 Å². The highest BCUT2D eigenvalue weighted by molar-refractivity contribution is 6.01. The lowest BCUT2D eigenvalue weighted by Gasteiger charge is -2.08. The molecule has 0 aliphatic rings. The van der Waals surface area contributed by atoms with E-state index in [2.05, 4.69) is 37.5 Å². The number of nitrogens with zero attached hydrogens (tertiary/aromatic N) is 1. The van der Waals surface area contributed by atoms with E-state index in [-0.39, 0.29) is 0 Å². The molecule has 2 heteroatoms. The number of carbonyl (C=O) groups is 1. The molecule has 0 aliphatic carbocycles. The smallest absolute Gasteiger partial charge is 0.152 e. The lowest BCUT2D eigenvalue weighted by molar-refractivity contribution is 0.112. The Kier molecular flexibility index (Phi) is 2.58. The molecule has 0 bridgehead atoms. The van der Waals surface area contributed by atoms with Crippen LogP contribution < -0.4 is 0 Å². The van der Waals surface area contributed by atoms with Crippen LogP contribution in [0.5, 0.6) is 0 Å². The van der Waals surface area contributed by atoms with Gasteiger partial charge in [0.15, 0.2) is 6.29 Å². The van der Waals surface area contributed by atoms with Crippen molar-refractivity contribution < 1.29 is 4.79 Å². The van der Waals surface area contributed by atoms with Crippen LogP contribution in [-0.2, 0) is 7.05 Å². The van der Waals surface area contributed by atoms with Crippen LogP contribution >= 0.6 is 0 Å². The monoisotopic (exact) mass is 215 g/mol. The fourth-order valence-electron chi connectivity index (χ4n) is 2.54. The zero-order valence-electron chi connectivity index (χ0n) is 10.2. The highest BCUT2D eigenvalue weighted by atomic mass is 16.1. The molecule has 1 heterocycles. The first kappa shape index (κ1) is 10.9. The summed E-state index contributed by atoms with van der Waals surface area (Å²) in [4.78, 5) is 11.3. The fraction of sp³-hybridized carbons (Fsp3) is 0.357. The summed E-state index contributed by atoms with van der Waals surface area (Å²) in [6.07, 6.45) is 0.991. The molecule has 0 atom stereocenters. The summed E-state index contributed by atoms with van der Waals surface area (Å²) in [5, 5.41) is 1.10. The van der Waals surface area contributed by atoms with Gasteiger partial charge in [0.2, 0.25) is 0 Å². The SMILES string of the molecule is Cc1cccc2c1c(C=O)c(C(C)C)n2C. The van der Waals surface area contributed by atoms with E-state index in [9.17, 15) is 4.79 Å². The molecule has 0 aliphatic heterocycles. The Morgan fingerprint density at radius 2 is 2.00 bits per heavy atom. The van der Waals surface area contributed by atoms with Gasteiger partial charge in [-0.2, -0.15) is 0 Å². The van der Waals surface area contributed by atoms with Crippen LogP contribution in [0, 0.1) is 6.92 Å². The predicted octanol–water partition coefficient (Wildman–Crippen LogP) is 3.42. The van der Waals surface area contributed by atoms with Crippen molar-refractivity contribution >= 4 is 17.2 Å². The summed E-state index contributed by atoms with van der Waals surface area (Å²) >= 11 is 0. The predicted molar refractivity (Wildman–Crippen MR) is 67.1 cm³/mol. The van der Waals surface area contributed by atoms with Crippen LogP contribution in [0.4, 0.5) is 0 Å². The number of fused-ring (bicyclic) bond motifs is 1. The molecule has 0 N–H and O–H groups in total. The second kappa shape index (κ2) is 3.78. The van der Waals surface area contributed by atoms with Crippen molar-refractivity contribution in [1.29, 1.82) is 0 Å². The van der Waals surface area contributed by atoms with Crippen LogP contribution in [0.15, 0.2) is 18.2 Å². The van der Waals surface area contributed by atoms with Crippen molar-refractivity contribution in [3.05, 3.63) is 35.0 Å². The second-order valence-electron chi connectivity index (χ2n) is 4.60. The van der Waals surface area contributed by atoms with Crippen molar-refractivity contribution in [1.82, 2.24) is 4.57 Å². The van der Waals surface area contributed by atoms with Crippen molar-refractivity contribution in [2.45, 2.75) is 26.7 Å². The van der Waals surface area contributed by atoms with Gasteiger partial charge >= 0.3 is 0 Å². The highest BCUT2D eigenvalue weighted by Gasteiger charge is 2.17. The Labute approximate surface area is 95.9 Å². The molecule has 2 nitrogen and oxygen atoms in total. The molecule has 0 saturated heterocycles. The number of rotatable bonds is 2. The summed E-state index contributed by atoms with van der Waals surface area (Å²) in [5.74, 6) is 0.358. The number of aryl methyl sites for hydroxylation is 2. The molecular formula is C14H17NO. The Hall–Kier alpha value is -1.57. The minimum Gasteiger partial charge on any atom is -0.347 e. The summed E-state index contributed by atoms with van der Waals surface area (Å²) in [6, 6.07) is 6.16. The summed E-state index contributed by atoms with van der Waals surface area (Å²) in [5.41, 5.74) is 4.29. The molecule has 0 spiro atoms. The van der Waals surface area contributed by atoms with Gasteiger partial charge in [-0.15, -0.1) is 0 Å². The Balaban J connectivity index is 2.97. The van der Waals surface area contributed by atoms with Crippen LogP contribution in [0.2, 0.25) is 0 Å². The average Bonchev–Trinajstić information content (AvgIpc) is 2.53. The molecule has 1 aromatic heterocycles. The molecule has 2 rings (SSSR count). The zero-order chi connectivity index (χ0) is 11.9. The first-order valence-electron chi connectivity index (χ1n) is 5.61. The van der Waals surface area contributed by atoms with E-state index >= 15 is 0 Å². The van der Waals surface area contributed by atoms with Crippen molar-refractivity contribution in [3.8, 4) is 0 Å². The highest BCUT2D eigenvalue weighted by Crippen LogP contribution is 2.30. The third-order valence-corrected chi connectivity index (χ3v) is 3.18. The number of aromatic nitrogens is 1. The minimum absolute atomic E-state index is 0.358. The fourth-order valence-corrected chi connectivity index (χ4v) is 2.54. The van der Waals surface area contributed by atoms with Gasteiger partial charge in [0.05, 0.1) is 0 Å². The molecule has 16 heavy (non-hydrogen) atoms. The van der Waals surface area contributed by atoms with Gasteiger partial charge in [-0.25, -0.2) is 0 Å². The molecule has 1 aromatic carbocycles. The Morgan fingerprint density at radius 1 is 1.31 bits per heavy atom. The zero-order valence-corrected chi connectivity index (χ0v) is 10.2. The Morgan fingerprint density at radius 3 is 2.56 bits per heavy atom. The summed E-state index contributed by atoms with van der Waals surface area (Å²) in [6.45, 7) is 6.30. The molecule has 0 unspecified atom stereocenters. The van der Waals surface area contributed by atoms with Crippen LogP contribution in [0.3, 0.4) is 0 Å². The normalized spacial score (nSPS) is 11.3. The van der Waals surface area contributed by atoms with Crippen molar-refractivity contribution in [2.24, 2.45) is 7.05 Å². The second-order valence-corrected chi connectivity index (χ2v) is 4.60. The van der Waals surface area contributed by atoms with E-state index in [1.54, 1.807) is 0 Å². The van der Waals surface area contributed by atoms with Crippen LogP contribution in [0.1, 0.15) is 41.4 Å². The third-order valence-electron chi connectivity index (χ3n) is 3.18. The van der Waals surface area contributed by atoms with Crippen molar-refractivity contribution in [2.75, 3.05) is 0 Å². The standard InChI is InChI=1S/C14H17NO/c1-9(2)14-11(8-16)13-10(3)6-5-7-12(13)15(14)4/h5-9H,1-4H3. The molecule has 84 valence electrons. The molecule has 0 fully saturated rings. The number of benzene rings is 1. The lowest BCUT2D eigenvalue weighted by atomic mass is 10.0. The topological polar surface area (TPSA) is 22.0 Å². The molecule has 0 saturated carbocycles. The third kappa shape index (κ3) is 1.37. The average molecular weight is 215 g/mol. The summed E-state index contributed by atoms with van der Waals surface area (Å²) in [7, 11) is 2.03. The van der Waals surface area contributed by atoms with Gasteiger partial charge in [-0.05, 0) is 24.5 Å². The largest absolute Gasteiger partial charge is 0.347 e. The van der Waals surface area contributed by atoms with Gasteiger partial charge in [0.25, 0.3) is 0 Å². The molecule has 0 radical (unpaired) electrons. The quantitative estimate of drug-likeness (QED) is 0.703. The minimum atomic E-state index is 0.358. The van der Waals surface area contributed by atoms with E-state index in [0.29, 0.717) is 5.92 Å². The van der Waals surface area contributed by atoms with E-state index in [1.165, 1.54) is 5.56 Å². The molecule has 2 aromatic rings. The van der Waals surface area contributed by atoms with E-state index in [0.717, 1.165) is 28.4 Å². The molecule has 0 amide bonds. The maximum Gasteiger partial charge on any atom is 0.152 e. The number of carbonyl (C=O) groups excluding carboxylic acids is 1. The van der Waals surface area contributed by atoms with Gasteiger partial charge in [0.1, 0.15) is 0 Å². The van der Waals surface area contributed by atoms with Gasteiger partial charge in [0, 0.05) is 29.2 Å². The van der Waals surface area contributed by atoms with Crippen molar-refractivity contribution in [3.63, 3.8) is 0 Å². The van der Waals surface area contributed by atoms with Gasteiger partial charge in [-0.1, -0.05) is 26.0 Å². The van der Waals surface area contributed by atoms with Crippen LogP contribution in [0.25, 0.3) is 10.9 Å². The first-order valence-corrected chi connectivity index (χ1v) is 5.61. The van der Waals surface area contributed by atoms with E-state index < -0.39 is 0 Å². The molecular weight excluding hydrogens is 198 g/mol. The summed E-state index contributed by atoms with van der Waals surface area (Å²) < 4.78 is 2.14. The maximum atomic E-state index is 11.3. The number of hydrogen-bond acceptors (Lipinski definition) is 1. The van der Waals surface area contributed by atoms with E-state index in [1.807, 2.05) is 13.1 Å². The van der Waals surface area contributed by atoms with Gasteiger partial charge in [-0.3, -0.25) is 4.79 Å². The first-order chi connectivity index (χ1) is 7.57. The maximum absolute atomic E-state index is 11.3. The number of aldehydes is 1. The van der Waals surface area contributed by atoms with E-state index in [4.69, 9.17) is 0 Å². The number of hydrogen-bond donors (Lipinski definition) is 0.